The fourth-order valence-corrected chi connectivity index (χ4v) is 2.49. The molecular formula is C15H14N4. The van der Waals surface area contributed by atoms with Gasteiger partial charge in [-0.05, 0) is 36.5 Å². The summed E-state index contributed by atoms with van der Waals surface area (Å²) in [4.78, 5) is 8.32. The molecule has 0 fully saturated rings. The van der Waals surface area contributed by atoms with Gasteiger partial charge in [-0.25, -0.2) is 9.97 Å². The van der Waals surface area contributed by atoms with Crippen LogP contribution < -0.4 is 5.32 Å². The number of hydrogen-bond donors (Lipinski definition) is 1. The Labute approximate surface area is 112 Å². The average Bonchev–Trinajstić information content (AvgIpc) is 2.47. The smallest absolute Gasteiger partial charge is 0.224 e. The summed E-state index contributed by atoms with van der Waals surface area (Å²) in [7, 11) is 0. The maximum absolute atomic E-state index is 8.83. The van der Waals surface area contributed by atoms with E-state index < -0.39 is 0 Å². The largest absolute Gasteiger partial charge is 0.351 e. The van der Waals surface area contributed by atoms with Gasteiger partial charge in [-0.15, -0.1) is 0 Å². The Balaban J connectivity index is 1.74. The highest BCUT2D eigenvalue weighted by molar-refractivity contribution is 5.35. The summed E-state index contributed by atoms with van der Waals surface area (Å²) in [6.07, 6.45) is 4.74. The van der Waals surface area contributed by atoms with E-state index in [1.54, 1.807) is 12.3 Å². The molecule has 0 radical (unpaired) electrons. The summed E-state index contributed by atoms with van der Waals surface area (Å²) < 4.78 is 0. The number of nitrogens with one attached hydrogen (secondary N) is 1. The second kappa shape index (κ2) is 5.07. The van der Waals surface area contributed by atoms with Crippen molar-refractivity contribution in [3.63, 3.8) is 0 Å². The molecule has 1 N–H and O–H groups in total. The first-order valence-electron chi connectivity index (χ1n) is 6.41. The molecule has 1 aliphatic carbocycles. The van der Waals surface area contributed by atoms with Gasteiger partial charge in [0.1, 0.15) is 11.8 Å². The molecule has 94 valence electrons. The fourth-order valence-electron chi connectivity index (χ4n) is 2.49. The van der Waals surface area contributed by atoms with Crippen LogP contribution in [0.2, 0.25) is 0 Å². The summed E-state index contributed by atoms with van der Waals surface area (Å²) in [6.45, 7) is 0. The highest BCUT2D eigenvalue weighted by atomic mass is 15.1. The van der Waals surface area contributed by atoms with Crippen molar-refractivity contribution in [2.75, 3.05) is 5.32 Å². The van der Waals surface area contributed by atoms with E-state index in [1.807, 2.05) is 6.07 Å². The van der Waals surface area contributed by atoms with Gasteiger partial charge in [0.25, 0.3) is 0 Å². The van der Waals surface area contributed by atoms with Crippen LogP contribution in [0.4, 0.5) is 5.95 Å². The zero-order chi connectivity index (χ0) is 13.1. The minimum Gasteiger partial charge on any atom is -0.351 e. The first-order valence-corrected chi connectivity index (χ1v) is 6.41. The molecule has 0 bridgehead atoms. The van der Waals surface area contributed by atoms with Crippen molar-refractivity contribution in [2.24, 2.45) is 0 Å². The summed E-state index contributed by atoms with van der Waals surface area (Å²) in [5, 5.41) is 12.2. The predicted molar refractivity (Wildman–Crippen MR) is 72.6 cm³/mol. The van der Waals surface area contributed by atoms with Crippen LogP contribution in [0.1, 0.15) is 23.2 Å². The van der Waals surface area contributed by atoms with Crippen LogP contribution in [0.3, 0.4) is 0 Å². The van der Waals surface area contributed by atoms with Crippen molar-refractivity contribution < 1.29 is 0 Å². The highest BCUT2D eigenvalue weighted by Gasteiger charge is 2.18. The number of anilines is 1. The molecule has 3 rings (SSSR count). The van der Waals surface area contributed by atoms with Crippen molar-refractivity contribution in [1.29, 1.82) is 5.26 Å². The zero-order valence-corrected chi connectivity index (χ0v) is 10.5. The van der Waals surface area contributed by atoms with E-state index in [0.29, 0.717) is 17.7 Å². The molecule has 0 saturated carbocycles. The molecule has 19 heavy (non-hydrogen) atoms. The second-order valence-corrected chi connectivity index (χ2v) is 4.73. The molecule has 0 amide bonds. The lowest BCUT2D eigenvalue weighted by molar-refractivity contribution is 0.606. The maximum Gasteiger partial charge on any atom is 0.224 e. The van der Waals surface area contributed by atoms with Crippen LogP contribution in [-0.2, 0) is 12.8 Å². The molecule has 0 saturated heterocycles. The van der Waals surface area contributed by atoms with Gasteiger partial charge in [0.15, 0.2) is 0 Å². The van der Waals surface area contributed by atoms with Crippen LogP contribution >= 0.6 is 0 Å². The van der Waals surface area contributed by atoms with E-state index in [9.17, 15) is 0 Å². The van der Waals surface area contributed by atoms with Crippen molar-refractivity contribution >= 4 is 5.95 Å². The second-order valence-electron chi connectivity index (χ2n) is 4.73. The minimum absolute atomic E-state index is 0.337. The quantitative estimate of drug-likeness (QED) is 0.888. The van der Waals surface area contributed by atoms with Gasteiger partial charge in [0.2, 0.25) is 5.95 Å². The highest BCUT2D eigenvalue weighted by Crippen LogP contribution is 2.22. The molecule has 4 nitrogen and oxygen atoms in total. The molecule has 1 heterocycles. The van der Waals surface area contributed by atoms with Gasteiger partial charge in [-0.1, -0.05) is 24.3 Å². The lowest BCUT2D eigenvalue weighted by atomic mass is 9.88. The van der Waals surface area contributed by atoms with Crippen molar-refractivity contribution in [1.82, 2.24) is 9.97 Å². The minimum atomic E-state index is 0.337. The SMILES string of the molecule is N#Cc1ccnc(NC2CCc3ccccc3C2)n1. The molecule has 0 aliphatic heterocycles. The van der Waals surface area contributed by atoms with Crippen molar-refractivity contribution in [2.45, 2.75) is 25.3 Å². The number of rotatable bonds is 2. The number of fused-ring (bicyclic) bond motifs is 1. The van der Waals surface area contributed by atoms with E-state index in [-0.39, 0.29) is 0 Å². The number of aromatic nitrogens is 2. The Morgan fingerprint density at radius 2 is 2.05 bits per heavy atom. The van der Waals surface area contributed by atoms with E-state index in [0.717, 1.165) is 19.3 Å². The van der Waals surface area contributed by atoms with Gasteiger partial charge in [0.05, 0.1) is 0 Å². The molecule has 4 heteroatoms. The van der Waals surface area contributed by atoms with Crippen molar-refractivity contribution in [3.05, 3.63) is 53.3 Å². The fraction of sp³-hybridized carbons (Fsp3) is 0.267. The number of hydrogen-bond acceptors (Lipinski definition) is 4. The Kier molecular flexibility index (Phi) is 3.11. The van der Waals surface area contributed by atoms with Crippen LogP contribution in [0, 0.1) is 11.3 Å². The molecule has 1 aromatic heterocycles. The summed E-state index contributed by atoms with van der Waals surface area (Å²) in [5.74, 6) is 0.545. The third-order valence-corrected chi connectivity index (χ3v) is 3.45. The Morgan fingerprint density at radius 3 is 2.89 bits per heavy atom. The van der Waals surface area contributed by atoms with Crippen LogP contribution in [0.25, 0.3) is 0 Å². The van der Waals surface area contributed by atoms with Gasteiger partial charge in [-0.2, -0.15) is 5.26 Å². The molecule has 1 atom stereocenters. The third-order valence-electron chi connectivity index (χ3n) is 3.45. The topological polar surface area (TPSA) is 61.6 Å². The Hall–Kier alpha value is -2.41. The zero-order valence-electron chi connectivity index (χ0n) is 10.5. The molecule has 1 unspecified atom stereocenters. The number of benzene rings is 1. The predicted octanol–water partition coefficient (Wildman–Crippen LogP) is 2.32. The molecule has 2 aromatic rings. The van der Waals surface area contributed by atoms with E-state index in [1.165, 1.54) is 11.1 Å². The number of nitriles is 1. The average molecular weight is 250 g/mol. The first kappa shape index (κ1) is 11.7. The lowest BCUT2D eigenvalue weighted by Gasteiger charge is -2.25. The molecule has 1 aromatic carbocycles. The maximum atomic E-state index is 8.83. The summed E-state index contributed by atoms with van der Waals surface area (Å²) in [6, 6.07) is 12.5. The summed E-state index contributed by atoms with van der Waals surface area (Å²) >= 11 is 0. The van der Waals surface area contributed by atoms with Crippen LogP contribution in [-0.4, -0.2) is 16.0 Å². The number of aryl methyl sites for hydroxylation is 1. The Bertz CT molecular complexity index is 630. The lowest BCUT2D eigenvalue weighted by Crippen LogP contribution is -2.28. The Morgan fingerprint density at radius 1 is 1.21 bits per heavy atom. The van der Waals surface area contributed by atoms with E-state index >= 15 is 0 Å². The van der Waals surface area contributed by atoms with Gasteiger partial charge >= 0.3 is 0 Å². The molecule has 0 spiro atoms. The number of nitrogens with zero attached hydrogens (tertiary/aromatic N) is 3. The van der Waals surface area contributed by atoms with Gasteiger partial charge in [0, 0.05) is 12.2 Å². The van der Waals surface area contributed by atoms with Crippen LogP contribution in [0.5, 0.6) is 0 Å². The van der Waals surface area contributed by atoms with Gasteiger partial charge < -0.3 is 5.32 Å². The van der Waals surface area contributed by atoms with Crippen LogP contribution in [0.15, 0.2) is 36.5 Å². The standard InChI is InChI=1S/C15H14N4/c16-10-14-7-8-17-15(19-14)18-13-6-5-11-3-1-2-4-12(11)9-13/h1-4,7-8,13H,5-6,9H2,(H,17,18,19). The monoisotopic (exact) mass is 250 g/mol. The molecule has 1 aliphatic rings. The first-order chi connectivity index (χ1) is 9.35. The molecular weight excluding hydrogens is 236 g/mol. The van der Waals surface area contributed by atoms with Crippen molar-refractivity contribution in [3.8, 4) is 6.07 Å². The van der Waals surface area contributed by atoms with E-state index in [2.05, 4.69) is 39.6 Å². The normalized spacial score (nSPS) is 17.3. The third kappa shape index (κ3) is 2.55. The van der Waals surface area contributed by atoms with Gasteiger partial charge in [-0.3, -0.25) is 0 Å². The van der Waals surface area contributed by atoms with E-state index in [4.69, 9.17) is 5.26 Å². The summed E-state index contributed by atoms with van der Waals surface area (Å²) in [5.41, 5.74) is 3.23.